The van der Waals surface area contributed by atoms with Gasteiger partial charge in [0.25, 0.3) is 0 Å². The van der Waals surface area contributed by atoms with Crippen molar-refractivity contribution in [2.24, 2.45) is 0 Å². The summed E-state index contributed by atoms with van der Waals surface area (Å²) in [7, 11) is 0. The third-order valence-electron chi connectivity index (χ3n) is 2.90. The number of carbonyl (C=O) groups is 1. The standard InChI is InChI=1S/C14H11BrO5/c15-10-3-7(1-2-11(10)18)9(6-16)14-12(19)4-8(17)5-13(14)20/h1-6,9,17-20H. The second kappa shape index (κ2) is 5.42. The monoisotopic (exact) mass is 338 g/mol. The Hall–Kier alpha value is -2.21. The summed E-state index contributed by atoms with van der Waals surface area (Å²) in [4.78, 5) is 11.3. The Morgan fingerprint density at radius 3 is 2.05 bits per heavy atom. The fraction of sp³-hybridized carbons (Fsp3) is 0.0714. The molecule has 0 aliphatic heterocycles. The topological polar surface area (TPSA) is 98.0 Å². The average molecular weight is 339 g/mol. The Morgan fingerprint density at radius 1 is 0.950 bits per heavy atom. The van der Waals surface area contributed by atoms with Crippen molar-refractivity contribution >= 4 is 22.2 Å². The van der Waals surface area contributed by atoms with E-state index in [-0.39, 0.29) is 28.6 Å². The summed E-state index contributed by atoms with van der Waals surface area (Å²) in [5.41, 5.74) is 0.469. The highest BCUT2D eigenvalue weighted by atomic mass is 79.9. The molecule has 0 amide bonds. The molecule has 0 aliphatic rings. The van der Waals surface area contributed by atoms with Gasteiger partial charge in [-0.1, -0.05) is 6.07 Å². The van der Waals surface area contributed by atoms with Crippen molar-refractivity contribution < 1.29 is 25.2 Å². The predicted molar refractivity (Wildman–Crippen MR) is 75.2 cm³/mol. The van der Waals surface area contributed by atoms with E-state index in [2.05, 4.69) is 15.9 Å². The van der Waals surface area contributed by atoms with E-state index in [0.29, 0.717) is 16.3 Å². The second-order valence-corrected chi connectivity index (χ2v) is 5.08. The zero-order valence-corrected chi connectivity index (χ0v) is 11.7. The first-order valence-corrected chi connectivity index (χ1v) is 6.42. The van der Waals surface area contributed by atoms with Gasteiger partial charge in [0, 0.05) is 12.1 Å². The third-order valence-corrected chi connectivity index (χ3v) is 3.53. The highest BCUT2D eigenvalue weighted by Gasteiger charge is 2.22. The van der Waals surface area contributed by atoms with E-state index in [0.717, 1.165) is 12.1 Å². The molecule has 0 radical (unpaired) electrons. The normalized spacial score (nSPS) is 12.1. The largest absolute Gasteiger partial charge is 0.508 e. The van der Waals surface area contributed by atoms with E-state index < -0.39 is 5.92 Å². The number of phenols is 4. The average Bonchev–Trinajstić information content (AvgIpc) is 2.37. The summed E-state index contributed by atoms with van der Waals surface area (Å²) in [5.74, 6) is -1.99. The Balaban J connectivity index is 2.58. The summed E-state index contributed by atoms with van der Waals surface area (Å²) < 4.78 is 0.389. The molecule has 5 nitrogen and oxygen atoms in total. The number of rotatable bonds is 3. The van der Waals surface area contributed by atoms with Gasteiger partial charge in [-0.05, 0) is 33.6 Å². The highest BCUT2D eigenvalue weighted by Crippen LogP contribution is 2.40. The molecule has 0 spiro atoms. The molecule has 4 N–H and O–H groups in total. The number of carbonyl (C=O) groups excluding carboxylic acids is 1. The van der Waals surface area contributed by atoms with Gasteiger partial charge in [-0.3, -0.25) is 0 Å². The first-order valence-electron chi connectivity index (χ1n) is 5.62. The summed E-state index contributed by atoms with van der Waals surface area (Å²) >= 11 is 3.13. The van der Waals surface area contributed by atoms with E-state index in [9.17, 15) is 25.2 Å². The van der Waals surface area contributed by atoms with Crippen LogP contribution in [0, 0.1) is 0 Å². The van der Waals surface area contributed by atoms with Crippen LogP contribution >= 0.6 is 15.9 Å². The lowest BCUT2D eigenvalue weighted by Crippen LogP contribution is -2.03. The number of phenolic OH excluding ortho intramolecular Hbond substituents is 4. The Bertz CT molecular complexity index is 646. The molecule has 0 saturated carbocycles. The Kier molecular flexibility index (Phi) is 3.85. The molecule has 104 valence electrons. The molecule has 1 unspecified atom stereocenters. The van der Waals surface area contributed by atoms with Crippen molar-refractivity contribution in [2.45, 2.75) is 5.92 Å². The molecule has 0 aromatic heterocycles. The van der Waals surface area contributed by atoms with Gasteiger partial charge in [0.15, 0.2) is 0 Å². The first kappa shape index (κ1) is 14.2. The molecular formula is C14H11BrO5. The van der Waals surface area contributed by atoms with Crippen LogP contribution in [0.25, 0.3) is 0 Å². The summed E-state index contributed by atoms with van der Waals surface area (Å²) in [6, 6.07) is 6.50. The molecule has 2 aromatic rings. The fourth-order valence-corrected chi connectivity index (χ4v) is 2.35. The Labute approximate surface area is 122 Å². The number of aldehydes is 1. The molecular weight excluding hydrogens is 328 g/mol. The zero-order valence-electron chi connectivity index (χ0n) is 10.1. The quantitative estimate of drug-likeness (QED) is 0.645. The lowest BCUT2D eigenvalue weighted by molar-refractivity contribution is -0.108. The number of halogens is 1. The number of hydrogen-bond donors (Lipinski definition) is 4. The first-order chi connectivity index (χ1) is 9.43. The molecule has 0 bridgehead atoms. The van der Waals surface area contributed by atoms with Crippen LogP contribution < -0.4 is 0 Å². The van der Waals surface area contributed by atoms with Gasteiger partial charge in [-0.15, -0.1) is 0 Å². The lowest BCUT2D eigenvalue weighted by Gasteiger charge is -2.15. The smallest absolute Gasteiger partial charge is 0.132 e. The molecule has 20 heavy (non-hydrogen) atoms. The minimum Gasteiger partial charge on any atom is -0.508 e. The molecule has 2 rings (SSSR count). The van der Waals surface area contributed by atoms with Gasteiger partial charge < -0.3 is 25.2 Å². The van der Waals surface area contributed by atoms with Crippen molar-refractivity contribution in [3.8, 4) is 23.0 Å². The summed E-state index contributed by atoms with van der Waals surface area (Å²) in [6.45, 7) is 0. The van der Waals surface area contributed by atoms with Crippen LogP contribution in [0.3, 0.4) is 0 Å². The summed E-state index contributed by atoms with van der Waals surface area (Å²) in [6.07, 6.45) is 0.560. The van der Waals surface area contributed by atoms with Crippen LogP contribution in [0.4, 0.5) is 0 Å². The van der Waals surface area contributed by atoms with Crippen molar-refractivity contribution in [3.63, 3.8) is 0 Å². The van der Waals surface area contributed by atoms with Gasteiger partial charge in [-0.25, -0.2) is 0 Å². The van der Waals surface area contributed by atoms with E-state index in [1.165, 1.54) is 18.2 Å². The number of hydrogen-bond acceptors (Lipinski definition) is 5. The van der Waals surface area contributed by atoms with E-state index >= 15 is 0 Å². The molecule has 0 heterocycles. The predicted octanol–water partition coefficient (Wildman–Crippen LogP) is 2.60. The van der Waals surface area contributed by atoms with E-state index in [4.69, 9.17) is 0 Å². The van der Waals surface area contributed by atoms with E-state index in [1.807, 2.05) is 0 Å². The molecule has 1 atom stereocenters. The SMILES string of the molecule is O=CC(c1ccc(O)c(Br)c1)c1c(O)cc(O)cc1O. The molecule has 0 saturated heterocycles. The van der Waals surface area contributed by atoms with Crippen LogP contribution in [-0.4, -0.2) is 26.7 Å². The minimum atomic E-state index is -0.924. The van der Waals surface area contributed by atoms with Crippen LogP contribution in [0.2, 0.25) is 0 Å². The number of benzene rings is 2. The maximum atomic E-state index is 11.3. The van der Waals surface area contributed by atoms with Crippen LogP contribution in [-0.2, 0) is 4.79 Å². The van der Waals surface area contributed by atoms with Gasteiger partial charge in [-0.2, -0.15) is 0 Å². The Morgan fingerprint density at radius 2 is 1.55 bits per heavy atom. The van der Waals surface area contributed by atoms with Crippen LogP contribution in [0.5, 0.6) is 23.0 Å². The van der Waals surface area contributed by atoms with Crippen molar-refractivity contribution in [3.05, 3.63) is 45.9 Å². The number of aromatic hydroxyl groups is 4. The van der Waals surface area contributed by atoms with Crippen molar-refractivity contribution in [1.29, 1.82) is 0 Å². The van der Waals surface area contributed by atoms with Crippen LogP contribution in [0.15, 0.2) is 34.8 Å². The van der Waals surface area contributed by atoms with Gasteiger partial charge in [0.05, 0.1) is 16.0 Å². The molecule has 0 aliphatic carbocycles. The fourth-order valence-electron chi connectivity index (χ4n) is 1.96. The third kappa shape index (κ3) is 2.55. The van der Waals surface area contributed by atoms with Gasteiger partial charge >= 0.3 is 0 Å². The molecule has 2 aromatic carbocycles. The molecule has 6 heteroatoms. The molecule has 0 fully saturated rings. The highest BCUT2D eigenvalue weighted by molar-refractivity contribution is 9.10. The van der Waals surface area contributed by atoms with Crippen molar-refractivity contribution in [2.75, 3.05) is 0 Å². The van der Waals surface area contributed by atoms with Gasteiger partial charge in [0.2, 0.25) is 0 Å². The second-order valence-electron chi connectivity index (χ2n) is 4.22. The zero-order chi connectivity index (χ0) is 14.9. The van der Waals surface area contributed by atoms with Gasteiger partial charge in [0.1, 0.15) is 29.3 Å². The maximum Gasteiger partial charge on any atom is 0.132 e. The van der Waals surface area contributed by atoms with Crippen LogP contribution in [0.1, 0.15) is 17.0 Å². The van der Waals surface area contributed by atoms with E-state index in [1.54, 1.807) is 0 Å². The maximum absolute atomic E-state index is 11.3. The van der Waals surface area contributed by atoms with Crippen molar-refractivity contribution in [1.82, 2.24) is 0 Å². The lowest BCUT2D eigenvalue weighted by atomic mass is 9.91. The minimum absolute atomic E-state index is 0.00427. The summed E-state index contributed by atoms with van der Waals surface area (Å²) in [5, 5.41) is 38.4.